The second kappa shape index (κ2) is 13.6. The van der Waals surface area contributed by atoms with Crippen LogP contribution in [-0.2, 0) is 15.9 Å². The van der Waals surface area contributed by atoms with Crippen molar-refractivity contribution >= 4 is 23.4 Å². The lowest BCUT2D eigenvalue weighted by molar-refractivity contribution is 0.0283. The van der Waals surface area contributed by atoms with Crippen molar-refractivity contribution in [2.45, 2.75) is 82.3 Å². The molecule has 0 saturated carbocycles. The van der Waals surface area contributed by atoms with Crippen molar-refractivity contribution in [2.24, 2.45) is 0 Å². The minimum absolute atomic E-state index is 0.309. The highest BCUT2D eigenvalue weighted by molar-refractivity contribution is 8.00. The number of ether oxygens (including phenoxy) is 2. The second-order valence-corrected chi connectivity index (χ2v) is 10.9. The lowest BCUT2D eigenvalue weighted by Crippen LogP contribution is -2.30. The van der Waals surface area contributed by atoms with E-state index in [0.29, 0.717) is 16.6 Å². The molecular weight excluding hydrogens is 436 g/mol. The van der Waals surface area contributed by atoms with E-state index in [-0.39, 0.29) is 0 Å². The Labute approximate surface area is 204 Å². The van der Waals surface area contributed by atoms with E-state index in [9.17, 15) is 0 Å². The van der Waals surface area contributed by atoms with Crippen molar-refractivity contribution < 1.29 is 9.47 Å². The van der Waals surface area contributed by atoms with Crippen LogP contribution in [0.4, 0.5) is 0 Å². The van der Waals surface area contributed by atoms with Crippen molar-refractivity contribution in [3.63, 3.8) is 0 Å². The van der Waals surface area contributed by atoms with E-state index in [1.807, 2.05) is 0 Å². The van der Waals surface area contributed by atoms with Crippen molar-refractivity contribution in [1.82, 2.24) is 0 Å². The van der Waals surface area contributed by atoms with Gasteiger partial charge in [-0.05, 0) is 61.8 Å². The molecule has 0 radical (unpaired) electrons. The van der Waals surface area contributed by atoms with E-state index >= 15 is 0 Å². The van der Waals surface area contributed by atoms with E-state index in [1.165, 1.54) is 35.1 Å². The Morgan fingerprint density at radius 2 is 1.72 bits per heavy atom. The van der Waals surface area contributed by atoms with Gasteiger partial charge in [0.05, 0.1) is 12.7 Å². The summed E-state index contributed by atoms with van der Waals surface area (Å²) in [5.41, 5.74) is 5.16. The molecule has 176 valence electrons. The van der Waals surface area contributed by atoms with Gasteiger partial charge in [-0.1, -0.05) is 80.3 Å². The molecule has 0 aliphatic carbocycles. The number of unbranched alkanes of at least 4 members (excludes halogenated alkanes) is 2. The zero-order valence-electron chi connectivity index (χ0n) is 19.9. The van der Waals surface area contributed by atoms with Crippen LogP contribution in [0.5, 0.6) is 0 Å². The minimum atomic E-state index is 0.309. The Bertz CT molecular complexity index is 808. The van der Waals surface area contributed by atoms with Crippen LogP contribution in [0, 0.1) is 6.92 Å². The summed E-state index contributed by atoms with van der Waals surface area (Å²) in [6.45, 7) is 9.10. The van der Waals surface area contributed by atoms with Gasteiger partial charge in [-0.15, -0.1) is 11.8 Å². The first-order chi connectivity index (χ1) is 15.6. The number of thioether (sulfide) groups is 1. The molecule has 2 nitrogen and oxygen atoms in total. The molecule has 1 aliphatic heterocycles. The van der Waals surface area contributed by atoms with Crippen LogP contribution in [-0.4, -0.2) is 31.2 Å². The molecule has 4 heteroatoms. The van der Waals surface area contributed by atoms with Crippen LogP contribution >= 0.6 is 23.4 Å². The smallest absolute Gasteiger partial charge is 0.0600 e. The molecule has 3 rings (SSSR count). The fraction of sp³-hybridized carbons (Fsp3) is 0.571. The number of hydrogen-bond acceptors (Lipinski definition) is 3. The third-order valence-electron chi connectivity index (χ3n) is 6.11. The predicted molar refractivity (Wildman–Crippen MR) is 139 cm³/mol. The van der Waals surface area contributed by atoms with Crippen molar-refractivity contribution in [3.05, 3.63) is 69.7 Å². The van der Waals surface area contributed by atoms with Crippen LogP contribution in [0.25, 0.3) is 0 Å². The highest BCUT2D eigenvalue weighted by Gasteiger charge is 2.31. The summed E-state index contributed by atoms with van der Waals surface area (Å²) in [6.07, 6.45) is 7.94. The lowest BCUT2D eigenvalue weighted by atomic mass is 9.97. The van der Waals surface area contributed by atoms with Crippen LogP contribution < -0.4 is 0 Å². The van der Waals surface area contributed by atoms with E-state index in [2.05, 4.69) is 75.0 Å². The van der Waals surface area contributed by atoms with Crippen LogP contribution in [0.15, 0.2) is 42.5 Å². The summed E-state index contributed by atoms with van der Waals surface area (Å²) in [5.74, 6) is 0. The summed E-state index contributed by atoms with van der Waals surface area (Å²) < 4.78 is 12.3. The average Bonchev–Trinajstić information content (AvgIpc) is 2.80. The van der Waals surface area contributed by atoms with Gasteiger partial charge in [-0.3, -0.25) is 0 Å². The summed E-state index contributed by atoms with van der Waals surface area (Å²) in [5, 5.41) is 1.75. The number of halogens is 1. The van der Waals surface area contributed by atoms with Gasteiger partial charge in [-0.2, -0.15) is 0 Å². The molecule has 0 unspecified atom stereocenters. The summed E-state index contributed by atoms with van der Waals surface area (Å²) in [7, 11) is 0. The van der Waals surface area contributed by atoms with Gasteiger partial charge in [0.15, 0.2) is 0 Å². The van der Waals surface area contributed by atoms with E-state index in [1.54, 1.807) is 0 Å². The topological polar surface area (TPSA) is 18.5 Å². The van der Waals surface area contributed by atoms with Gasteiger partial charge in [0.1, 0.15) is 0 Å². The SMILES string of the molecule is CCCCOC[C@@H]1C[C@H](OCCCC)C[C@H](c2ccc(Cl)c(Cc3ccc(C)cc3)c2)S1. The molecular formula is C28H39ClO2S. The maximum Gasteiger partial charge on any atom is 0.0600 e. The molecule has 2 aromatic rings. The number of hydrogen-bond donors (Lipinski definition) is 0. The first kappa shape index (κ1) is 25.6. The quantitative estimate of drug-likeness (QED) is 0.289. The predicted octanol–water partition coefficient (Wildman–Crippen LogP) is 8.18. The van der Waals surface area contributed by atoms with Gasteiger partial charge in [-0.25, -0.2) is 0 Å². The van der Waals surface area contributed by atoms with Gasteiger partial charge in [0.2, 0.25) is 0 Å². The van der Waals surface area contributed by atoms with E-state index in [4.69, 9.17) is 21.1 Å². The van der Waals surface area contributed by atoms with Crippen molar-refractivity contribution in [1.29, 1.82) is 0 Å². The first-order valence-corrected chi connectivity index (χ1v) is 13.6. The van der Waals surface area contributed by atoms with Gasteiger partial charge < -0.3 is 9.47 Å². The van der Waals surface area contributed by atoms with Crippen molar-refractivity contribution in [3.8, 4) is 0 Å². The standard InChI is InChI=1S/C28H39ClO2S/c1-4-6-14-30-20-26-18-25(31-15-7-5-2)19-28(32-26)23-12-13-27(29)24(17-23)16-22-10-8-21(3)9-11-22/h8-13,17,25-26,28H,4-7,14-16,18-20H2,1-3H3/t25-,26-,28+/m0/s1. The number of benzene rings is 2. The number of rotatable bonds is 12. The molecule has 1 aliphatic rings. The largest absolute Gasteiger partial charge is 0.380 e. The van der Waals surface area contributed by atoms with Crippen LogP contribution in [0.2, 0.25) is 5.02 Å². The van der Waals surface area contributed by atoms with Gasteiger partial charge >= 0.3 is 0 Å². The zero-order valence-corrected chi connectivity index (χ0v) is 21.5. The Hall–Kier alpha value is -1.00. The molecule has 2 aromatic carbocycles. The van der Waals surface area contributed by atoms with Gasteiger partial charge in [0, 0.05) is 28.7 Å². The van der Waals surface area contributed by atoms with Gasteiger partial charge in [0.25, 0.3) is 0 Å². The molecule has 1 saturated heterocycles. The summed E-state index contributed by atoms with van der Waals surface area (Å²) >= 11 is 8.67. The maximum atomic E-state index is 6.60. The number of aryl methyl sites for hydroxylation is 1. The maximum absolute atomic E-state index is 6.60. The first-order valence-electron chi connectivity index (χ1n) is 12.3. The molecule has 3 atom stereocenters. The Balaban J connectivity index is 1.71. The molecule has 1 heterocycles. The Kier molecular flexibility index (Phi) is 10.9. The molecule has 0 amide bonds. The Morgan fingerprint density at radius 1 is 0.969 bits per heavy atom. The second-order valence-electron chi connectivity index (χ2n) is 9.01. The molecule has 1 fully saturated rings. The molecule has 32 heavy (non-hydrogen) atoms. The van der Waals surface area contributed by atoms with Crippen LogP contribution in [0.1, 0.15) is 79.9 Å². The lowest BCUT2D eigenvalue weighted by Gasteiger charge is -2.35. The van der Waals surface area contributed by atoms with Crippen molar-refractivity contribution in [2.75, 3.05) is 19.8 Å². The normalized spacial score (nSPS) is 21.1. The zero-order chi connectivity index (χ0) is 22.8. The fourth-order valence-corrected chi connectivity index (χ4v) is 5.92. The third-order valence-corrected chi connectivity index (χ3v) is 7.99. The third kappa shape index (κ3) is 8.09. The molecule has 0 N–H and O–H groups in total. The van der Waals surface area contributed by atoms with E-state index in [0.717, 1.165) is 56.9 Å². The molecule has 0 spiro atoms. The molecule has 0 bridgehead atoms. The monoisotopic (exact) mass is 474 g/mol. The van der Waals surface area contributed by atoms with E-state index < -0.39 is 0 Å². The highest BCUT2D eigenvalue weighted by atomic mass is 35.5. The fourth-order valence-electron chi connectivity index (χ4n) is 4.14. The minimum Gasteiger partial charge on any atom is -0.380 e. The summed E-state index contributed by atoms with van der Waals surface area (Å²) in [4.78, 5) is 0. The average molecular weight is 475 g/mol. The Morgan fingerprint density at radius 3 is 2.47 bits per heavy atom. The molecule has 0 aromatic heterocycles. The van der Waals surface area contributed by atoms with Crippen LogP contribution in [0.3, 0.4) is 0 Å². The highest BCUT2D eigenvalue weighted by Crippen LogP contribution is 2.44. The summed E-state index contributed by atoms with van der Waals surface area (Å²) in [6, 6.07) is 15.4.